The first-order valence-electron chi connectivity index (χ1n) is 11.0. The summed E-state index contributed by atoms with van der Waals surface area (Å²) in [6.45, 7) is 2.17. The highest BCUT2D eigenvalue weighted by atomic mass is 16.5. The molecule has 0 spiro atoms. The van der Waals surface area contributed by atoms with E-state index in [4.69, 9.17) is 15.2 Å². The fraction of sp³-hybridized carbons (Fsp3) is 0.360. The Bertz CT molecular complexity index is 1070. The van der Waals surface area contributed by atoms with E-state index < -0.39 is 0 Å². The van der Waals surface area contributed by atoms with Crippen LogP contribution < -0.4 is 10.5 Å². The van der Waals surface area contributed by atoms with E-state index in [0.717, 1.165) is 66.4 Å². The zero-order valence-corrected chi connectivity index (χ0v) is 17.5. The van der Waals surface area contributed by atoms with Gasteiger partial charge in [-0.05, 0) is 53.6 Å². The number of pyridine rings is 1. The molecule has 2 N–H and O–H groups in total. The van der Waals surface area contributed by atoms with E-state index in [-0.39, 0.29) is 18.1 Å². The number of anilines is 1. The molecule has 2 aromatic carbocycles. The van der Waals surface area contributed by atoms with Crippen LogP contribution in [0.2, 0.25) is 0 Å². The molecule has 0 saturated carbocycles. The van der Waals surface area contributed by atoms with Gasteiger partial charge in [-0.15, -0.1) is 0 Å². The quantitative estimate of drug-likeness (QED) is 0.693. The molecule has 5 rings (SSSR count). The molecule has 2 saturated heterocycles. The van der Waals surface area contributed by atoms with Crippen LogP contribution in [0.15, 0.2) is 54.7 Å². The second-order valence-corrected chi connectivity index (χ2v) is 8.30. The maximum Gasteiger partial charge on any atom is 0.251 e. The van der Waals surface area contributed by atoms with Crippen LogP contribution >= 0.6 is 0 Å². The highest BCUT2D eigenvalue weighted by Gasteiger charge is 2.31. The molecule has 2 fully saturated rings. The molecule has 6 nitrogen and oxygen atoms in total. The van der Waals surface area contributed by atoms with Crippen LogP contribution in [-0.4, -0.2) is 47.7 Å². The fourth-order valence-corrected chi connectivity index (χ4v) is 4.47. The van der Waals surface area contributed by atoms with Crippen molar-refractivity contribution in [3.05, 3.63) is 54.7 Å². The Kier molecular flexibility index (Phi) is 5.47. The van der Waals surface area contributed by atoms with Crippen LogP contribution in [0.5, 0.6) is 5.75 Å². The number of rotatable bonds is 4. The standard InChI is InChI=1S/C25H27N3O3/c26-24-22-8-5-18(16-19(22)9-12-27-24)17-3-6-20(7-4-17)31-21-10-13-28(14-11-21)25(29)23-2-1-15-30-23/h3-9,12,16,21,23H,1-2,10-11,13-15H2,(H2,26,27). The number of piperidine rings is 1. The molecule has 2 aliphatic heterocycles. The first-order chi connectivity index (χ1) is 15.2. The minimum Gasteiger partial charge on any atom is -0.490 e. The normalized spacial score (nSPS) is 19.6. The molecule has 2 aliphatic rings. The Balaban J connectivity index is 1.20. The number of likely N-dealkylation sites (tertiary alicyclic amines) is 1. The van der Waals surface area contributed by atoms with Crippen molar-refractivity contribution in [3.63, 3.8) is 0 Å². The number of amides is 1. The van der Waals surface area contributed by atoms with Crippen LogP contribution in [0.1, 0.15) is 25.7 Å². The summed E-state index contributed by atoms with van der Waals surface area (Å²) >= 11 is 0. The molecule has 31 heavy (non-hydrogen) atoms. The molecule has 6 heteroatoms. The topological polar surface area (TPSA) is 77.7 Å². The Morgan fingerprint density at radius 1 is 1.03 bits per heavy atom. The second-order valence-electron chi connectivity index (χ2n) is 8.30. The van der Waals surface area contributed by atoms with Gasteiger partial charge in [0.25, 0.3) is 5.91 Å². The predicted octanol–water partition coefficient (Wildman–Crippen LogP) is 4.03. The lowest BCUT2D eigenvalue weighted by molar-refractivity contribution is -0.142. The van der Waals surface area contributed by atoms with Crippen LogP contribution in [0.3, 0.4) is 0 Å². The Hall–Kier alpha value is -3.12. The number of nitrogens with two attached hydrogens (primary N) is 1. The zero-order chi connectivity index (χ0) is 21.2. The number of fused-ring (bicyclic) bond motifs is 1. The minimum atomic E-state index is -0.229. The number of aromatic nitrogens is 1. The molecule has 3 aromatic rings. The number of benzene rings is 2. The van der Waals surface area contributed by atoms with Gasteiger partial charge < -0.3 is 20.1 Å². The third-order valence-corrected chi connectivity index (χ3v) is 6.24. The number of hydrogen-bond acceptors (Lipinski definition) is 5. The molecule has 1 atom stereocenters. The Morgan fingerprint density at radius 3 is 2.55 bits per heavy atom. The summed E-state index contributed by atoms with van der Waals surface area (Å²) in [5.74, 6) is 1.56. The Morgan fingerprint density at radius 2 is 1.81 bits per heavy atom. The first kappa shape index (κ1) is 19.8. The van der Waals surface area contributed by atoms with E-state index in [1.54, 1.807) is 6.20 Å². The molecule has 0 bridgehead atoms. The van der Waals surface area contributed by atoms with Crippen molar-refractivity contribution in [1.82, 2.24) is 9.88 Å². The third-order valence-electron chi connectivity index (χ3n) is 6.24. The van der Waals surface area contributed by atoms with E-state index in [1.165, 1.54) is 0 Å². The maximum atomic E-state index is 12.5. The lowest BCUT2D eigenvalue weighted by Gasteiger charge is -2.33. The van der Waals surface area contributed by atoms with Crippen LogP contribution in [0.4, 0.5) is 5.82 Å². The van der Waals surface area contributed by atoms with E-state index >= 15 is 0 Å². The van der Waals surface area contributed by atoms with Crippen molar-refractivity contribution in [3.8, 4) is 16.9 Å². The van der Waals surface area contributed by atoms with Crippen molar-refractivity contribution in [2.45, 2.75) is 37.9 Å². The van der Waals surface area contributed by atoms with Gasteiger partial charge in [0, 0.05) is 44.1 Å². The Labute approximate surface area is 182 Å². The molecular weight excluding hydrogens is 390 g/mol. The molecule has 0 radical (unpaired) electrons. The van der Waals surface area contributed by atoms with E-state index in [0.29, 0.717) is 12.4 Å². The van der Waals surface area contributed by atoms with Gasteiger partial charge in [0.2, 0.25) is 0 Å². The molecule has 3 heterocycles. The van der Waals surface area contributed by atoms with Crippen molar-refractivity contribution in [2.24, 2.45) is 0 Å². The van der Waals surface area contributed by atoms with Crippen LogP contribution in [0.25, 0.3) is 21.9 Å². The molecule has 160 valence electrons. The molecule has 1 unspecified atom stereocenters. The number of ether oxygens (including phenoxy) is 2. The predicted molar refractivity (Wildman–Crippen MR) is 121 cm³/mol. The number of hydrogen-bond donors (Lipinski definition) is 1. The second kappa shape index (κ2) is 8.55. The van der Waals surface area contributed by atoms with Crippen molar-refractivity contribution in [1.29, 1.82) is 0 Å². The van der Waals surface area contributed by atoms with Gasteiger partial charge in [0.05, 0.1) is 0 Å². The summed E-state index contributed by atoms with van der Waals surface area (Å²) in [6.07, 6.45) is 5.17. The summed E-state index contributed by atoms with van der Waals surface area (Å²) in [4.78, 5) is 18.6. The van der Waals surface area contributed by atoms with Crippen molar-refractivity contribution < 1.29 is 14.3 Å². The smallest absolute Gasteiger partial charge is 0.251 e. The van der Waals surface area contributed by atoms with E-state index in [1.807, 2.05) is 29.2 Å². The third kappa shape index (κ3) is 4.21. The van der Waals surface area contributed by atoms with Crippen molar-refractivity contribution >= 4 is 22.5 Å². The summed E-state index contributed by atoms with van der Waals surface area (Å²) in [6, 6.07) is 16.4. The number of nitrogen functional groups attached to an aromatic ring is 1. The summed E-state index contributed by atoms with van der Waals surface area (Å²) in [5.41, 5.74) is 8.21. The van der Waals surface area contributed by atoms with Gasteiger partial charge in [-0.25, -0.2) is 4.98 Å². The SMILES string of the molecule is Nc1nccc2cc(-c3ccc(OC4CCN(C(=O)C5CCCO5)CC4)cc3)ccc12. The van der Waals surface area contributed by atoms with Gasteiger partial charge in [-0.2, -0.15) is 0 Å². The lowest BCUT2D eigenvalue weighted by Crippen LogP contribution is -2.45. The lowest BCUT2D eigenvalue weighted by atomic mass is 10.0. The molecule has 1 aromatic heterocycles. The fourth-order valence-electron chi connectivity index (χ4n) is 4.47. The highest BCUT2D eigenvalue weighted by molar-refractivity contribution is 5.93. The van der Waals surface area contributed by atoms with Gasteiger partial charge in [0.1, 0.15) is 23.8 Å². The number of carbonyl (C=O) groups is 1. The monoisotopic (exact) mass is 417 g/mol. The maximum absolute atomic E-state index is 12.5. The largest absolute Gasteiger partial charge is 0.490 e. The van der Waals surface area contributed by atoms with Gasteiger partial charge in [-0.1, -0.05) is 24.3 Å². The van der Waals surface area contributed by atoms with Crippen LogP contribution in [0, 0.1) is 0 Å². The summed E-state index contributed by atoms with van der Waals surface area (Å²) in [7, 11) is 0. The molecule has 1 amide bonds. The summed E-state index contributed by atoms with van der Waals surface area (Å²) < 4.78 is 11.7. The van der Waals surface area contributed by atoms with Gasteiger partial charge >= 0.3 is 0 Å². The average molecular weight is 418 g/mol. The number of carbonyl (C=O) groups excluding carboxylic acids is 1. The van der Waals surface area contributed by atoms with E-state index in [9.17, 15) is 4.79 Å². The van der Waals surface area contributed by atoms with Gasteiger partial charge in [-0.3, -0.25) is 4.79 Å². The van der Waals surface area contributed by atoms with E-state index in [2.05, 4.69) is 29.2 Å². The molecule has 0 aliphatic carbocycles. The zero-order valence-electron chi connectivity index (χ0n) is 17.5. The van der Waals surface area contributed by atoms with Crippen molar-refractivity contribution in [2.75, 3.05) is 25.4 Å². The highest BCUT2D eigenvalue weighted by Crippen LogP contribution is 2.29. The minimum absolute atomic E-state index is 0.135. The first-order valence-corrected chi connectivity index (χ1v) is 11.0. The van der Waals surface area contributed by atoms with Gasteiger partial charge in [0.15, 0.2) is 0 Å². The average Bonchev–Trinajstić information content (AvgIpc) is 3.35. The number of nitrogens with zero attached hydrogens (tertiary/aromatic N) is 2. The summed E-state index contributed by atoms with van der Waals surface area (Å²) in [5, 5.41) is 2.05. The van der Waals surface area contributed by atoms with Crippen LogP contribution in [-0.2, 0) is 9.53 Å². The molecular formula is C25H27N3O3.